The van der Waals surface area contributed by atoms with Gasteiger partial charge in [-0.3, -0.25) is 4.57 Å². The zero-order valence-corrected chi connectivity index (χ0v) is 14.3. The molecule has 22 heavy (non-hydrogen) atoms. The minimum atomic E-state index is -2.90. The lowest BCUT2D eigenvalue weighted by Gasteiger charge is -2.31. The average molecular weight is 317 g/mol. The van der Waals surface area contributed by atoms with Gasteiger partial charge in [-0.15, -0.1) is 0 Å². The summed E-state index contributed by atoms with van der Waals surface area (Å²) in [5.41, 5.74) is 1.86. The van der Waals surface area contributed by atoms with Crippen LogP contribution in [0.4, 0.5) is 5.69 Å². The molecule has 0 aliphatic heterocycles. The fourth-order valence-electron chi connectivity index (χ4n) is 2.43. The van der Waals surface area contributed by atoms with E-state index in [0.717, 1.165) is 11.3 Å². The molecule has 0 fully saturated rings. The average Bonchev–Trinajstić information content (AvgIpc) is 2.54. The van der Waals surface area contributed by atoms with Crippen LogP contribution in [-0.2, 0) is 9.09 Å². The first-order chi connectivity index (χ1) is 10.6. The maximum atomic E-state index is 13.5. The van der Waals surface area contributed by atoms with Crippen molar-refractivity contribution in [2.24, 2.45) is 0 Å². The van der Waals surface area contributed by atoms with E-state index in [4.69, 9.17) is 4.52 Å². The lowest BCUT2D eigenvalue weighted by atomic mass is 10.2. The maximum absolute atomic E-state index is 13.5. The molecule has 2 aromatic rings. The normalized spacial score (nSPS) is 15.3. The van der Waals surface area contributed by atoms with Crippen LogP contribution in [0.5, 0.6) is 0 Å². The van der Waals surface area contributed by atoms with Crippen molar-refractivity contribution in [3.63, 3.8) is 0 Å². The molecule has 3 nitrogen and oxygen atoms in total. The van der Waals surface area contributed by atoms with Gasteiger partial charge in [0.05, 0.1) is 6.61 Å². The second-order valence-electron chi connectivity index (χ2n) is 5.48. The van der Waals surface area contributed by atoms with Gasteiger partial charge in [0.2, 0.25) is 7.37 Å². The third-order valence-corrected chi connectivity index (χ3v) is 6.85. The van der Waals surface area contributed by atoms with Crippen LogP contribution in [0, 0.1) is 0 Å². The van der Waals surface area contributed by atoms with Crippen molar-refractivity contribution >= 4 is 13.1 Å². The van der Waals surface area contributed by atoms with Gasteiger partial charge in [-0.25, -0.2) is 0 Å². The predicted molar refractivity (Wildman–Crippen MR) is 93.6 cm³/mol. The molecule has 0 saturated carbocycles. The van der Waals surface area contributed by atoms with Crippen LogP contribution in [0.2, 0.25) is 0 Å². The fourth-order valence-corrected chi connectivity index (χ4v) is 4.80. The van der Waals surface area contributed by atoms with Crippen LogP contribution in [0.1, 0.15) is 32.1 Å². The quantitative estimate of drug-likeness (QED) is 0.683. The zero-order valence-electron chi connectivity index (χ0n) is 13.4. The minimum absolute atomic E-state index is 0.0612. The van der Waals surface area contributed by atoms with Crippen LogP contribution in [0.25, 0.3) is 0 Å². The minimum Gasteiger partial charge on any atom is -0.370 e. The number of benzene rings is 2. The molecule has 0 amide bonds. The molecule has 0 spiro atoms. The molecule has 0 radical (unpaired) electrons. The Balaban J connectivity index is 2.43. The molecule has 2 atom stereocenters. The van der Waals surface area contributed by atoms with Crippen LogP contribution in [0.15, 0.2) is 60.7 Å². The van der Waals surface area contributed by atoms with Gasteiger partial charge < -0.3 is 9.84 Å². The van der Waals surface area contributed by atoms with Crippen molar-refractivity contribution in [1.29, 1.82) is 0 Å². The largest absolute Gasteiger partial charge is 0.370 e. The third-order valence-electron chi connectivity index (χ3n) is 3.60. The summed E-state index contributed by atoms with van der Waals surface area (Å²) in [6.07, 6.45) is 0. The van der Waals surface area contributed by atoms with E-state index in [1.165, 1.54) is 0 Å². The van der Waals surface area contributed by atoms with Gasteiger partial charge in [0.25, 0.3) is 0 Å². The fraction of sp³-hybridized carbons (Fsp3) is 0.333. The van der Waals surface area contributed by atoms with E-state index in [1.807, 2.05) is 81.4 Å². The van der Waals surface area contributed by atoms with Crippen molar-refractivity contribution in [1.82, 2.24) is 0 Å². The Morgan fingerprint density at radius 1 is 1.00 bits per heavy atom. The summed E-state index contributed by atoms with van der Waals surface area (Å²) in [6.45, 7) is 6.24. The topological polar surface area (TPSA) is 38.3 Å². The summed E-state index contributed by atoms with van der Waals surface area (Å²) in [6, 6.07) is 19.7. The summed E-state index contributed by atoms with van der Waals surface area (Å²) in [5, 5.41) is 3.41. The van der Waals surface area contributed by atoms with Crippen LogP contribution >= 0.6 is 7.37 Å². The summed E-state index contributed by atoms with van der Waals surface area (Å²) in [7, 11) is -2.90. The molecule has 2 rings (SSSR count). The monoisotopic (exact) mass is 317 g/mol. The molecule has 2 unspecified atom stereocenters. The van der Waals surface area contributed by atoms with E-state index >= 15 is 0 Å². The summed E-state index contributed by atoms with van der Waals surface area (Å²) < 4.78 is 19.3. The molecular formula is C18H24NO2P. The molecule has 0 bridgehead atoms. The Morgan fingerprint density at radius 2 is 1.55 bits per heavy atom. The van der Waals surface area contributed by atoms with Crippen LogP contribution < -0.4 is 5.32 Å². The van der Waals surface area contributed by atoms with Crippen molar-refractivity contribution in [3.05, 3.63) is 66.2 Å². The van der Waals surface area contributed by atoms with E-state index in [1.54, 1.807) is 0 Å². The molecule has 0 aliphatic rings. The van der Waals surface area contributed by atoms with Gasteiger partial charge >= 0.3 is 0 Å². The van der Waals surface area contributed by atoms with Crippen LogP contribution in [0.3, 0.4) is 0 Å². The Bertz CT molecular complexity index is 613. The van der Waals surface area contributed by atoms with Crippen LogP contribution in [-0.4, -0.2) is 12.3 Å². The highest BCUT2D eigenvalue weighted by Gasteiger charge is 2.38. The molecule has 0 aliphatic carbocycles. The highest BCUT2D eigenvalue weighted by Crippen LogP contribution is 2.63. The number of rotatable bonds is 7. The standard InChI is InChI=1S/C18H24NO2P/c1-4-21-22(20,15(2)3)18(16-11-7-5-8-12-16)19-17-13-9-6-10-14-17/h5-15,18-19H,4H2,1-3H3. The third kappa shape index (κ3) is 3.79. The van der Waals surface area contributed by atoms with Crippen molar-refractivity contribution in [2.45, 2.75) is 32.2 Å². The van der Waals surface area contributed by atoms with Gasteiger partial charge in [-0.2, -0.15) is 0 Å². The van der Waals surface area contributed by atoms with E-state index in [0.29, 0.717) is 6.61 Å². The van der Waals surface area contributed by atoms with Crippen molar-refractivity contribution < 1.29 is 9.09 Å². The Kier molecular flexibility index (Phi) is 5.82. The number of anilines is 1. The van der Waals surface area contributed by atoms with E-state index < -0.39 is 7.37 Å². The number of para-hydroxylation sites is 1. The second-order valence-corrected chi connectivity index (χ2v) is 8.58. The maximum Gasteiger partial charge on any atom is 0.231 e. The van der Waals surface area contributed by atoms with E-state index in [9.17, 15) is 4.57 Å². The van der Waals surface area contributed by atoms with Gasteiger partial charge in [-0.1, -0.05) is 62.4 Å². The summed E-state index contributed by atoms with van der Waals surface area (Å²) >= 11 is 0. The lowest BCUT2D eigenvalue weighted by molar-refractivity contribution is 0.322. The van der Waals surface area contributed by atoms with Crippen molar-refractivity contribution in [2.75, 3.05) is 11.9 Å². The van der Waals surface area contributed by atoms with Gasteiger partial charge in [0, 0.05) is 11.3 Å². The number of nitrogens with one attached hydrogen (secondary N) is 1. The van der Waals surface area contributed by atoms with E-state index in [-0.39, 0.29) is 11.4 Å². The van der Waals surface area contributed by atoms with Gasteiger partial charge in [0.15, 0.2) is 0 Å². The lowest BCUT2D eigenvalue weighted by Crippen LogP contribution is -2.18. The van der Waals surface area contributed by atoms with E-state index in [2.05, 4.69) is 5.32 Å². The summed E-state index contributed by atoms with van der Waals surface area (Å²) in [4.78, 5) is 0. The first-order valence-corrected chi connectivity index (χ1v) is 9.44. The molecule has 0 heterocycles. The number of hydrogen-bond donors (Lipinski definition) is 1. The molecule has 2 aromatic carbocycles. The second kappa shape index (κ2) is 7.62. The first-order valence-electron chi connectivity index (χ1n) is 7.68. The molecule has 0 saturated heterocycles. The highest BCUT2D eigenvalue weighted by atomic mass is 31.2. The Hall–Kier alpha value is -1.57. The molecular weight excluding hydrogens is 293 g/mol. The SMILES string of the molecule is CCOP(=O)(C(C)C)C(Nc1ccccc1)c1ccccc1. The smallest absolute Gasteiger partial charge is 0.231 e. The van der Waals surface area contributed by atoms with Gasteiger partial charge in [0.1, 0.15) is 5.78 Å². The zero-order chi connectivity index (χ0) is 16.0. The molecule has 1 N–H and O–H groups in total. The summed E-state index contributed by atoms with van der Waals surface area (Å²) in [5.74, 6) is -0.351. The predicted octanol–water partition coefficient (Wildman–Crippen LogP) is 5.52. The number of hydrogen-bond acceptors (Lipinski definition) is 3. The Morgan fingerprint density at radius 3 is 2.05 bits per heavy atom. The molecule has 4 heteroatoms. The first kappa shape index (κ1) is 16.8. The van der Waals surface area contributed by atoms with Crippen molar-refractivity contribution in [3.8, 4) is 0 Å². The Labute approximate surface area is 133 Å². The van der Waals surface area contributed by atoms with Gasteiger partial charge in [-0.05, 0) is 24.6 Å². The molecule has 118 valence electrons. The highest BCUT2D eigenvalue weighted by molar-refractivity contribution is 7.60. The molecule has 0 aromatic heterocycles.